The van der Waals surface area contributed by atoms with E-state index in [-0.39, 0.29) is 16.8 Å². The van der Waals surface area contributed by atoms with Crippen LogP contribution in [-0.4, -0.2) is 66.9 Å². The van der Waals surface area contributed by atoms with Gasteiger partial charge in [-0.05, 0) is 30.2 Å². The highest BCUT2D eigenvalue weighted by Crippen LogP contribution is 2.28. The molecule has 3 rings (SSSR count). The fourth-order valence-electron chi connectivity index (χ4n) is 3.30. The van der Waals surface area contributed by atoms with Crippen molar-refractivity contribution in [3.8, 4) is 11.5 Å². The molecule has 2 amide bonds. The van der Waals surface area contributed by atoms with E-state index in [4.69, 9.17) is 9.47 Å². The fourth-order valence-corrected chi connectivity index (χ4v) is 4.09. The molecule has 1 fully saturated rings. The van der Waals surface area contributed by atoms with Crippen molar-refractivity contribution in [1.82, 2.24) is 9.80 Å². The third-order valence-corrected chi connectivity index (χ3v) is 6.00. The predicted molar refractivity (Wildman–Crippen MR) is 111 cm³/mol. The highest BCUT2D eigenvalue weighted by molar-refractivity contribution is 7.17. The van der Waals surface area contributed by atoms with Gasteiger partial charge in [0.25, 0.3) is 5.91 Å². The lowest BCUT2D eigenvalue weighted by Crippen LogP contribution is -2.50. The minimum Gasteiger partial charge on any atom is -0.493 e. The van der Waals surface area contributed by atoms with E-state index >= 15 is 0 Å². The zero-order valence-electron chi connectivity index (χ0n) is 16.8. The van der Waals surface area contributed by atoms with Gasteiger partial charge in [0.05, 0.1) is 24.0 Å². The SMILES string of the molecule is COc1ccc(CCC(=O)N2CCN(C(=O)c3ccc([N+](=O)[O-])s3)CC2)cc1OC. The van der Waals surface area contributed by atoms with E-state index in [9.17, 15) is 19.7 Å². The number of carbonyl (C=O) groups is 2. The van der Waals surface area contributed by atoms with Crippen molar-refractivity contribution in [3.05, 3.63) is 50.9 Å². The molecule has 1 aromatic heterocycles. The highest BCUT2D eigenvalue weighted by Gasteiger charge is 2.26. The van der Waals surface area contributed by atoms with Gasteiger partial charge in [-0.25, -0.2) is 0 Å². The second-order valence-electron chi connectivity index (χ2n) is 6.76. The first-order valence-corrected chi connectivity index (χ1v) is 10.3. The molecule has 0 atom stereocenters. The van der Waals surface area contributed by atoms with Crippen LogP contribution in [0.25, 0.3) is 0 Å². The van der Waals surface area contributed by atoms with Gasteiger partial charge in [0.2, 0.25) is 5.91 Å². The van der Waals surface area contributed by atoms with Crippen molar-refractivity contribution in [2.45, 2.75) is 12.8 Å². The largest absolute Gasteiger partial charge is 0.493 e. The van der Waals surface area contributed by atoms with Gasteiger partial charge in [-0.3, -0.25) is 19.7 Å². The van der Waals surface area contributed by atoms with Gasteiger partial charge in [0.15, 0.2) is 11.5 Å². The van der Waals surface area contributed by atoms with Crippen LogP contribution in [0.2, 0.25) is 0 Å². The molecule has 1 saturated heterocycles. The van der Waals surface area contributed by atoms with Crippen LogP contribution in [-0.2, 0) is 11.2 Å². The standard InChI is InChI=1S/C20H23N3O6S/c1-28-15-5-3-14(13-16(15)29-2)4-7-18(24)21-9-11-22(12-10-21)20(25)17-6-8-19(30-17)23(26)27/h3,5-6,8,13H,4,7,9-12H2,1-2H3. The number of thiophene rings is 1. The molecule has 2 aromatic rings. The monoisotopic (exact) mass is 433 g/mol. The number of amides is 2. The average molecular weight is 433 g/mol. The number of aryl methyl sites for hydroxylation is 1. The molecule has 9 nitrogen and oxygen atoms in total. The maximum atomic E-state index is 12.6. The molecular weight excluding hydrogens is 410 g/mol. The van der Waals surface area contributed by atoms with Gasteiger partial charge in [0, 0.05) is 38.7 Å². The summed E-state index contributed by atoms with van der Waals surface area (Å²) in [6.07, 6.45) is 0.942. The number of ether oxygens (including phenoxy) is 2. The van der Waals surface area contributed by atoms with E-state index in [1.807, 2.05) is 18.2 Å². The Labute approximate surface area is 177 Å². The van der Waals surface area contributed by atoms with Gasteiger partial charge < -0.3 is 19.3 Å². The third-order valence-electron chi connectivity index (χ3n) is 4.98. The quantitative estimate of drug-likeness (QED) is 0.491. The van der Waals surface area contributed by atoms with Crippen LogP contribution in [0.3, 0.4) is 0 Å². The molecule has 0 bridgehead atoms. The lowest BCUT2D eigenvalue weighted by atomic mass is 10.1. The number of carbonyl (C=O) groups excluding carboxylic acids is 2. The van der Waals surface area contributed by atoms with Gasteiger partial charge >= 0.3 is 5.00 Å². The number of rotatable bonds is 7. The Morgan fingerprint density at radius 1 is 1.03 bits per heavy atom. The lowest BCUT2D eigenvalue weighted by Gasteiger charge is -2.34. The molecule has 30 heavy (non-hydrogen) atoms. The summed E-state index contributed by atoms with van der Waals surface area (Å²) in [7, 11) is 3.15. The Bertz CT molecular complexity index is 936. The summed E-state index contributed by atoms with van der Waals surface area (Å²) in [5.74, 6) is 1.07. The Hall–Kier alpha value is -3.14. The first-order valence-electron chi connectivity index (χ1n) is 9.45. The van der Waals surface area contributed by atoms with Crippen molar-refractivity contribution >= 4 is 28.2 Å². The van der Waals surface area contributed by atoms with Gasteiger partial charge in [-0.2, -0.15) is 0 Å². The molecule has 1 aliphatic heterocycles. The van der Waals surface area contributed by atoms with Crippen molar-refractivity contribution in [1.29, 1.82) is 0 Å². The zero-order valence-corrected chi connectivity index (χ0v) is 17.6. The van der Waals surface area contributed by atoms with Gasteiger partial charge in [0.1, 0.15) is 0 Å². The average Bonchev–Trinajstić information content (AvgIpc) is 3.27. The summed E-state index contributed by atoms with van der Waals surface area (Å²) in [6.45, 7) is 1.72. The molecule has 1 aromatic carbocycles. The maximum absolute atomic E-state index is 12.6. The van der Waals surface area contributed by atoms with E-state index < -0.39 is 4.92 Å². The van der Waals surface area contributed by atoms with Crippen LogP contribution in [0.1, 0.15) is 21.7 Å². The normalized spacial score (nSPS) is 13.8. The van der Waals surface area contributed by atoms with E-state index in [0.29, 0.717) is 55.4 Å². The Kier molecular flexibility index (Phi) is 6.88. The van der Waals surface area contributed by atoms with Gasteiger partial charge in [-0.15, -0.1) is 0 Å². The summed E-state index contributed by atoms with van der Waals surface area (Å²) < 4.78 is 10.5. The molecule has 0 unspecified atom stereocenters. The van der Waals surface area contributed by atoms with Crippen LogP contribution in [0.15, 0.2) is 30.3 Å². The number of nitro groups is 1. The Balaban J connectivity index is 1.50. The van der Waals surface area contributed by atoms with Crippen LogP contribution >= 0.6 is 11.3 Å². The molecule has 160 valence electrons. The number of nitrogens with zero attached hydrogens (tertiary/aromatic N) is 3. The third kappa shape index (κ3) is 4.88. The lowest BCUT2D eigenvalue weighted by molar-refractivity contribution is -0.380. The predicted octanol–water partition coefficient (Wildman–Crippen LogP) is 2.59. The number of piperazine rings is 1. The summed E-state index contributed by atoms with van der Waals surface area (Å²) in [5, 5.41) is 10.7. The minimum atomic E-state index is -0.504. The van der Waals surface area contributed by atoms with E-state index in [0.717, 1.165) is 16.9 Å². The molecule has 0 N–H and O–H groups in total. The Morgan fingerprint density at radius 2 is 1.70 bits per heavy atom. The zero-order chi connectivity index (χ0) is 21.7. The summed E-state index contributed by atoms with van der Waals surface area (Å²) in [6, 6.07) is 8.41. The number of benzene rings is 1. The molecule has 0 saturated carbocycles. The van der Waals surface area contributed by atoms with Crippen molar-refractivity contribution in [2.24, 2.45) is 0 Å². The van der Waals surface area contributed by atoms with Crippen molar-refractivity contribution in [2.75, 3.05) is 40.4 Å². The van der Waals surface area contributed by atoms with Crippen LogP contribution in [0, 0.1) is 10.1 Å². The molecule has 0 radical (unpaired) electrons. The van der Waals surface area contributed by atoms with Crippen LogP contribution in [0.4, 0.5) is 5.00 Å². The smallest absolute Gasteiger partial charge is 0.324 e. The fraction of sp³-hybridized carbons (Fsp3) is 0.400. The second kappa shape index (κ2) is 9.57. The number of hydrogen-bond acceptors (Lipinski definition) is 7. The first-order chi connectivity index (χ1) is 14.4. The van der Waals surface area contributed by atoms with E-state index in [2.05, 4.69) is 0 Å². The molecular formula is C20H23N3O6S. The molecule has 10 heteroatoms. The van der Waals surface area contributed by atoms with Gasteiger partial charge in [-0.1, -0.05) is 17.4 Å². The summed E-state index contributed by atoms with van der Waals surface area (Å²) in [4.78, 5) is 39.1. The number of hydrogen-bond donors (Lipinski definition) is 0. The minimum absolute atomic E-state index is 0.0312. The van der Waals surface area contributed by atoms with E-state index in [1.54, 1.807) is 24.0 Å². The summed E-state index contributed by atoms with van der Waals surface area (Å²) in [5.41, 5.74) is 0.981. The van der Waals surface area contributed by atoms with Crippen molar-refractivity contribution in [3.63, 3.8) is 0 Å². The first kappa shape index (κ1) is 21.6. The molecule has 2 heterocycles. The topological polar surface area (TPSA) is 102 Å². The van der Waals surface area contributed by atoms with Crippen LogP contribution in [0.5, 0.6) is 11.5 Å². The van der Waals surface area contributed by atoms with Crippen LogP contribution < -0.4 is 9.47 Å². The highest BCUT2D eigenvalue weighted by atomic mass is 32.1. The molecule has 0 spiro atoms. The second-order valence-corrected chi connectivity index (χ2v) is 7.82. The maximum Gasteiger partial charge on any atom is 0.324 e. The van der Waals surface area contributed by atoms with Crippen molar-refractivity contribution < 1.29 is 24.0 Å². The number of methoxy groups -OCH3 is 2. The van der Waals surface area contributed by atoms with E-state index in [1.165, 1.54) is 12.1 Å². The summed E-state index contributed by atoms with van der Waals surface area (Å²) >= 11 is 0.871. The Morgan fingerprint density at radius 3 is 2.30 bits per heavy atom. The molecule has 1 aliphatic rings. The molecule has 0 aliphatic carbocycles.